The number of rotatable bonds is 17. The van der Waals surface area contributed by atoms with Gasteiger partial charge in [-0.1, -0.05) is 13.2 Å². The van der Waals surface area contributed by atoms with Crippen LogP contribution in [0.5, 0.6) is 0 Å². The fourth-order valence-corrected chi connectivity index (χ4v) is 1.48. The van der Waals surface area contributed by atoms with Gasteiger partial charge in [0.2, 0.25) is 0 Å². The van der Waals surface area contributed by atoms with Gasteiger partial charge in [0.25, 0.3) is 0 Å². The van der Waals surface area contributed by atoms with Crippen LogP contribution in [0.15, 0.2) is 25.3 Å². The van der Waals surface area contributed by atoms with E-state index in [9.17, 15) is 19.2 Å². The zero-order chi connectivity index (χ0) is 21.0. The lowest BCUT2D eigenvalue weighted by atomic mass is 10.4. The number of carbonyl (C=O) groups is 4. The second kappa shape index (κ2) is 17.7. The highest BCUT2D eigenvalue weighted by molar-refractivity contribution is 5.81. The Morgan fingerprint density at radius 1 is 0.536 bits per heavy atom. The van der Waals surface area contributed by atoms with Gasteiger partial charge >= 0.3 is 23.9 Å². The van der Waals surface area contributed by atoms with Gasteiger partial charge in [-0.3, -0.25) is 9.59 Å². The Morgan fingerprint density at radius 3 is 1.25 bits per heavy atom. The molecule has 0 aliphatic carbocycles. The van der Waals surface area contributed by atoms with Gasteiger partial charge in [0, 0.05) is 12.2 Å². The molecule has 0 atom stereocenters. The van der Waals surface area contributed by atoms with E-state index in [1.807, 2.05) is 0 Å². The highest BCUT2D eigenvalue weighted by atomic mass is 16.6. The molecule has 0 rings (SSSR count). The third-order valence-electron chi connectivity index (χ3n) is 2.79. The van der Waals surface area contributed by atoms with E-state index in [1.54, 1.807) is 0 Å². The Morgan fingerprint density at radius 2 is 0.893 bits per heavy atom. The lowest BCUT2D eigenvalue weighted by molar-refractivity contribution is -0.150. The maximum Gasteiger partial charge on any atom is 0.330 e. The van der Waals surface area contributed by atoms with E-state index in [1.165, 1.54) is 0 Å². The molecule has 0 fully saturated rings. The molecule has 158 valence electrons. The fraction of sp³-hybridized carbons (Fsp3) is 0.556. The third-order valence-corrected chi connectivity index (χ3v) is 2.79. The number of hydrogen-bond acceptors (Lipinski definition) is 10. The average Bonchev–Trinajstić information content (AvgIpc) is 2.68. The third kappa shape index (κ3) is 16.7. The summed E-state index contributed by atoms with van der Waals surface area (Å²) in [6, 6.07) is 0. The molecule has 0 spiro atoms. The first kappa shape index (κ1) is 25.3. The monoisotopic (exact) mass is 402 g/mol. The van der Waals surface area contributed by atoms with E-state index in [-0.39, 0.29) is 65.7 Å². The summed E-state index contributed by atoms with van der Waals surface area (Å²) >= 11 is 0. The lowest BCUT2D eigenvalue weighted by Crippen LogP contribution is -2.16. The minimum atomic E-state index is -0.597. The molecule has 0 aliphatic heterocycles. The first-order chi connectivity index (χ1) is 13.5. The Hall–Kier alpha value is -2.72. The van der Waals surface area contributed by atoms with Gasteiger partial charge in [0.05, 0.1) is 39.3 Å². The van der Waals surface area contributed by atoms with Crippen LogP contribution in [0.4, 0.5) is 0 Å². The zero-order valence-electron chi connectivity index (χ0n) is 15.7. The average molecular weight is 402 g/mol. The molecule has 0 aromatic rings. The summed E-state index contributed by atoms with van der Waals surface area (Å²) in [5, 5.41) is 0. The van der Waals surface area contributed by atoms with Crippen LogP contribution in [0.3, 0.4) is 0 Å². The molecule has 28 heavy (non-hydrogen) atoms. The molecule has 0 N–H and O–H groups in total. The van der Waals surface area contributed by atoms with E-state index in [2.05, 4.69) is 22.6 Å². The first-order valence-corrected chi connectivity index (χ1v) is 8.54. The Balaban J connectivity index is 3.35. The molecule has 0 unspecified atom stereocenters. The Kier molecular flexibility index (Phi) is 16.0. The van der Waals surface area contributed by atoms with Crippen LogP contribution >= 0.6 is 0 Å². The normalized spacial score (nSPS) is 9.86. The van der Waals surface area contributed by atoms with Crippen LogP contribution in [-0.2, 0) is 47.6 Å². The smallest absolute Gasteiger partial charge is 0.330 e. The number of esters is 4. The van der Waals surface area contributed by atoms with Gasteiger partial charge in [-0.05, 0) is 0 Å². The number of hydrogen-bond donors (Lipinski definition) is 0. The summed E-state index contributed by atoms with van der Waals surface area (Å²) in [5.41, 5.74) is 0. The summed E-state index contributed by atoms with van der Waals surface area (Å²) in [6.07, 6.45) is 1.93. The predicted molar refractivity (Wildman–Crippen MR) is 95.1 cm³/mol. The van der Waals surface area contributed by atoms with E-state index >= 15 is 0 Å². The van der Waals surface area contributed by atoms with Crippen LogP contribution in [-0.4, -0.2) is 76.7 Å². The van der Waals surface area contributed by atoms with Crippen molar-refractivity contribution in [1.29, 1.82) is 0 Å². The van der Waals surface area contributed by atoms with Gasteiger partial charge < -0.3 is 28.4 Å². The largest absolute Gasteiger partial charge is 0.463 e. The van der Waals surface area contributed by atoms with Crippen LogP contribution < -0.4 is 0 Å². The molecule has 0 bridgehead atoms. The van der Waals surface area contributed by atoms with Crippen molar-refractivity contribution in [2.24, 2.45) is 0 Å². The van der Waals surface area contributed by atoms with Crippen molar-refractivity contribution >= 4 is 23.9 Å². The topological polar surface area (TPSA) is 124 Å². The summed E-state index contributed by atoms with van der Waals surface area (Å²) in [5.74, 6) is -2.20. The first-order valence-electron chi connectivity index (χ1n) is 8.54. The summed E-state index contributed by atoms with van der Waals surface area (Å²) < 4.78 is 29.4. The van der Waals surface area contributed by atoms with E-state index in [0.717, 1.165) is 12.2 Å². The molecular weight excluding hydrogens is 376 g/mol. The maximum absolute atomic E-state index is 11.3. The SMILES string of the molecule is C=CC(=O)OCCC(=O)OCCOCCOCCOC(=O)CCOC(=O)C=C. The molecule has 0 saturated heterocycles. The zero-order valence-corrected chi connectivity index (χ0v) is 15.7. The van der Waals surface area contributed by atoms with Crippen LogP contribution in [0.1, 0.15) is 12.8 Å². The molecule has 0 aliphatic rings. The van der Waals surface area contributed by atoms with Gasteiger partial charge in [0.1, 0.15) is 26.4 Å². The van der Waals surface area contributed by atoms with E-state index < -0.39 is 23.9 Å². The highest BCUT2D eigenvalue weighted by Gasteiger charge is 2.05. The van der Waals surface area contributed by atoms with E-state index in [4.69, 9.17) is 18.9 Å². The van der Waals surface area contributed by atoms with Gasteiger partial charge in [-0.2, -0.15) is 0 Å². The maximum atomic E-state index is 11.3. The fourth-order valence-electron chi connectivity index (χ4n) is 1.48. The lowest BCUT2D eigenvalue weighted by Gasteiger charge is -2.08. The number of carbonyl (C=O) groups excluding carboxylic acids is 4. The Labute approximate surface area is 163 Å². The second-order valence-corrected chi connectivity index (χ2v) is 4.91. The van der Waals surface area contributed by atoms with Crippen molar-refractivity contribution in [3.05, 3.63) is 25.3 Å². The molecule has 10 nitrogen and oxygen atoms in total. The molecule has 0 amide bonds. The van der Waals surface area contributed by atoms with Crippen molar-refractivity contribution in [2.45, 2.75) is 12.8 Å². The molecule has 0 saturated carbocycles. The molecule has 10 heteroatoms. The standard InChI is InChI=1S/C18H26O10/c1-3-15(19)25-7-5-17(21)27-13-11-23-9-10-24-12-14-28-18(22)6-8-26-16(20)4-2/h3-4H,1-2,5-14H2. The summed E-state index contributed by atoms with van der Waals surface area (Å²) in [7, 11) is 0. The van der Waals surface area contributed by atoms with Crippen molar-refractivity contribution in [3.8, 4) is 0 Å². The highest BCUT2D eigenvalue weighted by Crippen LogP contribution is 1.92. The molecule has 0 aromatic carbocycles. The van der Waals surface area contributed by atoms with Crippen molar-refractivity contribution in [2.75, 3.05) is 52.9 Å². The van der Waals surface area contributed by atoms with Crippen molar-refractivity contribution in [3.63, 3.8) is 0 Å². The molecular formula is C18H26O10. The predicted octanol–water partition coefficient (Wildman–Crippen LogP) is 0.345. The van der Waals surface area contributed by atoms with Gasteiger partial charge in [-0.25, -0.2) is 9.59 Å². The molecule has 0 heterocycles. The van der Waals surface area contributed by atoms with E-state index in [0.29, 0.717) is 0 Å². The minimum absolute atomic E-state index is 0.0436. The second-order valence-electron chi connectivity index (χ2n) is 4.91. The van der Waals surface area contributed by atoms with Gasteiger partial charge in [-0.15, -0.1) is 0 Å². The number of ether oxygens (including phenoxy) is 6. The summed E-state index contributed by atoms with van der Waals surface area (Å²) in [4.78, 5) is 44.1. The molecule has 0 aromatic heterocycles. The van der Waals surface area contributed by atoms with Crippen LogP contribution in [0.2, 0.25) is 0 Å². The van der Waals surface area contributed by atoms with Crippen LogP contribution in [0.25, 0.3) is 0 Å². The quantitative estimate of drug-likeness (QED) is 0.146. The van der Waals surface area contributed by atoms with Crippen molar-refractivity contribution in [1.82, 2.24) is 0 Å². The van der Waals surface area contributed by atoms with Crippen LogP contribution in [0, 0.1) is 0 Å². The summed E-state index contributed by atoms with van der Waals surface area (Å²) in [6.45, 7) is 7.41. The molecule has 0 radical (unpaired) electrons. The minimum Gasteiger partial charge on any atom is -0.463 e. The Bertz CT molecular complexity index is 468. The van der Waals surface area contributed by atoms with Gasteiger partial charge in [0.15, 0.2) is 0 Å². The van der Waals surface area contributed by atoms with Crippen molar-refractivity contribution < 1.29 is 47.6 Å².